The van der Waals surface area contributed by atoms with Crippen molar-refractivity contribution >= 4 is 9.84 Å². The van der Waals surface area contributed by atoms with Gasteiger partial charge in [-0.3, -0.25) is 0 Å². The lowest BCUT2D eigenvalue weighted by Crippen LogP contribution is -2.38. The molecule has 0 amide bonds. The average molecular weight is 297 g/mol. The van der Waals surface area contributed by atoms with Crippen LogP contribution >= 0.6 is 0 Å². The fourth-order valence-electron chi connectivity index (χ4n) is 2.93. The van der Waals surface area contributed by atoms with E-state index in [0.29, 0.717) is 16.6 Å². The summed E-state index contributed by atoms with van der Waals surface area (Å²) in [5.41, 5.74) is 0. The quantitative estimate of drug-likeness (QED) is 0.875. The van der Waals surface area contributed by atoms with Crippen LogP contribution in [-0.4, -0.2) is 34.4 Å². The van der Waals surface area contributed by atoms with Crippen LogP contribution in [0.4, 0.5) is 0 Å². The normalized spacial score (nSPS) is 18.1. The molecule has 5 heteroatoms. The molecular formula is C15H23NO3S. The van der Waals surface area contributed by atoms with Gasteiger partial charge in [-0.05, 0) is 50.1 Å². The Balaban J connectivity index is 2.11. The zero-order valence-electron chi connectivity index (χ0n) is 12.1. The van der Waals surface area contributed by atoms with Crippen LogP contribution in [0.15, 0.2) is 29.2 Å². The summed E-state index contributed by atoms with van der Waals surface area (Å²) in [6, 6.07) is 6.67. The van der Waals surface area contributed by atoms with Crippen LogP contribution in [0.25, 0.3) is 0 Å². The van der Waals surface area contributed by atoms with E-state index in [1.807, 2.05) is 7.05 Å². The van der Waals surface area contributed by atoms with Crippen molar-refractivity contribution in [2.24, 2.45) is 5.92 Å². The van der Waals surface area contributed by atoms with Gasteiger partial charge in [-0.2, -0.15) is 0 Å². The largest absolute Gasteiger partial charge is 0.497 e. The first-order valence-electron chi connectivity index (χ1n) is 7.11. The summed E-state index contributed by atoms with van der Waals surface area (Å²) in [4.78, 5) is 0.372. The first-order valence-corrected chi connectivity index (χ1v) is 8.76. The molecule has 0 spiro atoms. The van der Waals surface area contributed by atoms with Gasteiger partial charge in [-0.15, -0.1) is 0 Å². The van der Waals surface area contributed by atoms with Crippen molar-refractivity contribution in [3.8, 4) is 5.75 Å². The van der Waals surface area contributed by atoms with Gasteiger partial charge in [-0.25, -0.2) is 8.42 Å². The van der Waals surface area contributed by atoms with E-state index in [2.05, 4.69) is 5.32 Å². The molecule has 1 fully saturated rings. The molecule has 4 nitrogen and oxygen atoms in total. The fourth-order valence-corrected chi connectivity index (χ4v) is 4.59. The van der Waals surface area contributed by atoms with Crippen molar-refractivity contribution in [2.45, 2.75) is 36.6 Å². The van der Waals surface area contributed by atoms with E-state index in [0.717, 1.165) is 12.8 Å². The van der Waals surface area contributed by atoms with Gasteiger partial charge in [0.1, 0.15) is 5.75 Å². The number of sulfone groups is 1. The summed E-state index contributed by atoms with van der Waals surface area (Å²) >= 11 is 0. The summed E-state index contributed by atoms with van der Waals surface area (Å²) in [5.74, 6) is 1.32. The van der Waals surface area contributed by atoms with Crippen molar-refractivity contribution < 1.29 is 13.2 Å². The third-order valence-electron chi connectivity index (χ3n) is 4.16. The van der Waals surface area contributed by atoms with Crippen LogP contribution in [0.3, 0.4) is 0 Å². The van der Waals surface area contributed by atoms with Gasteiger partial charge in [0.2, 0.25) is 0 Å². The van der Waals surface area contributed by atoms with Crippen LogP contribution in [0.2, 0.25) is 0 Å². The maximum Gasteiger partial charge on any atom is 0.179 e. The number of hydrogen-bond donors (Lipinski definition) is 1. The molecule has 0 aromatic heterocycles. The number of benzene rings is 1. The lowest BCUT2D eigenvalue weighted by Gasteiger charge is -2.22. The topological polar surface area (TPSA) is 55.4 Å². The van der Waals surface area contributed by atoms with Gasteiger partial charge in [0.15, 0.2) is 9.84 Å². The molecule has 1 N–H and O–H groups in total. The van der Waals surface area contributed by atoms with Gasteiger partial charge < -0.3 is 10.1 Å². The Bertz CT molecular complexity index is 519. The minimum Gasteiger partial charge on any atom is -0.497 e. The van der Waals surface area contributed by atoms with E-state index in [1.165, 1.54) is 12.8 Å². The van der Waals surface area contributed by atoms with Gasteiger partial charge in [0.05, 0.1) is 17.8 Å². The Kier molecular flexibility index (Phi) is 5.05. The SMILES string of the molecule is CNC(CS(=O)(=O)c1ccc(OC)cc1)C1CCCC1. The maximum atomic E-state index is 12.5. The molecule has 1 aromatic carbocycles. The standard InChI is InChI=1S/C15H23NO3S/c1-16-15(12-5-3-4-6-12)11-20(17,18)14-9-7-13(19-2)8-10-14/h7-10,12,15-16H,3-6,11H2,1-2H3. The third kappa shape index (κ3) is 3.52. The first-order chi connectivity index (χ1) is 9.56. The van der Waals surface area contributed by atoms with E-state index in [-0.39, 0.29) is 11.8 Å². The van der Waals surface area contributed by atoms with E-state index >= 15 is 0 Å². The molecule has 1 aliphatic carbocycles. The summed E-state index contributed by atoms with van der Waals surface area (Å²) < 4.78 is 30.0. The highest BCUT2D eigenvalue weighted by Gasteiger charge is 2.28. The second-order valence-corrected chi connectivity index (χ2v) is 7.43. The molecule has 1 aromatic rings. The molecule has 1 unspecified atom stereocenters. The zero-order chi connectivity index (χ0) is 14.6. The minimum atomic E-state index is -3.25. The molecule has 20 heavy (non-hydrogen) atoms. The number of methoxy groups -OCH3 is 1. The van der Waals surface area contributed by atoms with Crippen molar-refractivity contribution in [1.29, 1.82) is 0 Å². The van der Waals surface area contributed by atoms with Crippen LogP contribution in [0.1, 0.15) is 25.7 Å². The Hall–Kier alpha value is -1.07. The number of nitrogens with one attached hydrogen (secondary N) is 1. The van der Waals surface area contributed by atoms with E-state index in [4.69, 9.17) is 4.74 Å². The zero-order valence-corrected chi connectivity index (χ0v) is 12.9. The molecule has 1 atom stereocenters. The Morgan fingerprint density at radius 1 is 1.25 bits per heavy atom. The van der Waals surface area contributed by atoms with Crippen molar-refractivity contribution in [1.82, 2.24) is 5.32 Å². The molecule has 1 saturated carbocycles. The molecular weight excluding hydrogens is 274 g/mol. The van der Waals surface area contributed by atoms with E-state index in [9.17, 15) is 8.42 Å². The number of hydrogen-bond acceptors (Lipinski definition) is 4. The Morgan fingerprint density at radius 2 is 1.85 bits per heavy atom. The lowest BCUT2D eigenvalue weighted by atomic mass is 10.0. The second-order valence-electron chi connectivity index (χ2n) is 5.40. The molecule has 1 aliphatic rings. The van der Waals surface area contributed by atoms with Gasteiger partial charge in [0.25, 0.3) is 0 Å². The predicted octanol–water partition coefficient (Wildman–Crippen LogP) is 2.25. The molecule has 0 bridgehead atoms. The Labute approximate surface area is 121 Å². The van der Waals surface area contributed by atoms with Crippen molar-refractivity contribution in [3.63, 3.8) is 0 Å². The highest BCUT2D eigenvalue weighted by Crippen LogP contribution is 2.29. The first kappa shape index (κ1) is 15.3. The fraction of sp³-hybridized carbons (Fsp3) is 0.600. The summed E-state index contributed by atoms with van der Waals surface area (Å²) in [6.07, 6.45) is 4.68. The second kappa shape index (κ2) is 6.59. The summed E-state index contributed by atoms with van der Waals surface area (Å²) in [7, 11) is 0.172. The molecule has 0 aliphatic heterocycles. The number of ether oxygens (including phenoxy) is 1. The smallest absolute Gasteiger partial charge is 0.179 e. The van der Waals surface area contributed by atoms with Gasteiger partial charge in [0, 0.05) is 6.04 Å². The van der Waals surface area contributed by atoms with Gasteiger partial charge >= 0.3 is 0 Å². The van der Waals surface area contributed by atoms with Crippen LogP contribution in [0, 0.1) is 5.92 Å². The Morgan fingerprint density at radius 3 is 2.35 bits per heavy atom. The molecule has 0 saturated heterocycles. The van der Waals surface area contributed by atoms with E-state index in [1.54, 1.807) is 31.4 Å². The van der Waals surface area contributed by atoms with Crippen molar-refractivity contribution in [3.05, 3.63) is 24.3 Å². The molecule has 0 radical (unpaired) electrons. The highest BCUT2D eigenvalue weighted by atomic mass is 32.2. The van der Waals surface area contributed by atoms with E-state index < -0.39 is 9.84 Å². The molecule has 112 valence electrons. The molecule has 2 rings (SSSR count). The van der Waals surface area contributed by atoms with Crippen LogP contribution < -0.4 is 10.1 Å². The van der Waals surface area contributed by atoms with Gasteiger partial charge in [-0.1, -0.05) is 12.8 Å². The number of rotatable bonds is 6. The monoisotopic (exact) mass is 297 g/mol. The lowest BCUT2D eigenvalue weighted by molar-refractivity contribution is 0.404. The van der Waals surface area contributed by atoms with Crippen LogP contribution in [-0.2, 0) is 9.84 Å². The maximum absolute atomic E-state index is 12.5. The predicted molar refractivity (Wildman–Crippen MR) is 79.9 cm³/mol. The average Bonchev–Trinajstić information content (AvgIpc) is 2.99. The van der Waals surface area contributed by atoms with Crippen LogP contribution in [0.5, 0.6) is 5.75 Å². The highest BCUT2D eigenvalue weighted by molar-refractivity contribution is 7.91. The van der Waals surface area contributed by atoms with Crippen molar-refractivity contribution in [2.75, 3.05) is 19.9 Å². The summed E-state index contributed by atoms with van der Waals surface area (Å²) in [5, 5.41) is 3.19. The summed E-state index contributed by atoms with van der Waals surface area (Å²) in [6.45, 7) is 0. The third-order valence-corrected chi connectivity index (χ3v) is 5.95. The molecule has 0 heterocycles. The minimum absolute atomic E-state index is 0.0459.